The van der Waals surface area contributed by atoms with E-state index in [1.165, 1.54) is 6.20 Å². The van der Waals surface area contributed by atoms with Crippen molar-refractivity contribution >= 4 is 11.8 Å². The van der Waals surface area contributed by atoms with Gasteiger partial charge in [0.05, 0.1) is 63.2 Å². The van der Waals surface area contributed by atoms with Crippen LogP contribution in [0.1, 0.15) is 80.0 Å². The summed E-state index contributed by atoms with van der Waals surface area (Å²) in [5.41, 5.74) is 1.86. The van der Waals surface area contributed by atoms with Crippen LogP contribution in [0.3, 0.4) is 0 Å². The fourth-order valence-corrected chi connectivity index (χ4v) is 6.95. The molecule has 0 bridgehead atoms. The standard InChI is InChI=1S/C37H55N3O9/c1-24(2)31(36(44)40-32-27-13-8-7-12-26(27)23-29(32)41)35(43)34(42)28(22-25-10-5-4-6-11-25)39-37(45)33-30(14-9-15-38-33)49-21-20-48-19-18-47-17-16-46-3/h7-9,12-15,24-25,28-29,31-32,34-35,41-43H,4-6,10-11,16-23H2,1-3H3,(H,39,45)(H,40,44)/t28-,29?,31+,32?,34+,35+/m0/s1. The number of carbonyl (C=O) groups excluding carboxylic acids is 2. The van der Waals surface area contributed by atoms with E-state index < -0.39 is 48.1 Å². The number of nitrogens with zero attached hydrogens (tertiary/aromatic N) is 1. The van der Waals surface area contributed by atoms with Crippen molar-refractivity contribution in [3.8, 4) is 5.75 Å². The molecule has 5 N–H and O–H groups in total. The van der Waals surface area contributed by atoms with Crippen molar-refractivity contribution in [2.75, 3.05) is 46.8 Å². The van der Waals surface area contributed by atoms with Gasteiger partial charge in [0.2, 0.25) is 5.91 Å². The first-order chi connectivity index (χ1) is 23.7. The summed E-state index contributed by atoms with van der Waals surface area (Å²) in [5.74, 6) is -1.85. The number of amides is 2. The summed E-state index contributed by atoms with van der Waals surface area (Å²) < 4.78 is 21.7. The summed E-state index contributed by atoms with van der Waals surface area (Å²) in [7, 11) is 1.61. The number of methoxy groups -OCH3 is 1. The molecule has 1 aromatic carbocycles. The minimum absolute atomic E-state index is 0.0489. The molecule has 0 radical (unpaired) electrons. The van der Waals surface area contributed by atoms with Crippen molar-refractivity contribution in [3.05, 3.63) is 59.4 Å². The van der Waals surface area contributed by atoms with E-state index in [-0.39, 0.29) is 36.5 Å². The van der Waals surface area contributed by atoms with Crippen molar-refractivity contribution in [1.82, 2.24) is 15.6 Å². The molecule has 6 atom stereocenters. The van der Waals surface area contributed by atoms with Crippen LogP contribution in [0.25, 0.3) is 0 Å². The Labute approximate surface area is 289 Å². The molecule has 2 aromatic rings. The molecule has 1 saturated carbocycles. The average molecular weight is 686 g/mol. The van der Waals surface area contributed by atoms with E-state index in [4.69, 9.17) is 18.9 Å². The molecule has 2 aliphatic rings. The number of aliphatic hydroxyl groups excluding tert-OH is 3. The number of benzene rings is 1. The third-order valence-corrected chi connectivity index (χ3v) is 9.56. The van der Waals surface area contributed by atoms with Gasteiger partial charge in [-0.25, -0.2) is 4.98 Å². The highest BCUT2D eigenvalue weighted by Crippen LogP contribution is 2.33. The second-order valence-electron chi connectivity index (χ2n) is 13.4. The highest BCUT2D eigenvalue weighted by Gasteiger charge is 2.42. The van der Waals surface area contributed by atoms with Crippen molar-refractivity contribution in [2.24, 2.45) is 17.8 Å². The number of fused-ring (bicyclic) bond motifs is 1. The molecule has 2 aliphatic carbocycles. The molecule has 12 nitrogen and oxygen atoms in total. The van der Waals surface area contributed by atoms with Gasteiger partial charge in [0.1, 0.15) is 12.7 Å². The van der Waals surface area contributed by atoms with Gasteiger partial charge in [0.25, 0.3) is 5.91 Å². The molecule has 1 heterocycles. The molecular formula is C37H55N3O9. The summed E-state index contributed by atoms with van der Waals surface area (Å²) in [5, 5.41) is 40.0. The Hall–Kier alpha value is -3.13. The molecule has 1 fully saturated rings. The molecule has 0 aliphatic heterocycles. The highest BCUT2D eigenvalue weighted by atomic mass is 16.6. The first-order valence-electron chi connectivity index (χ1n) is 17.7. The monoisotopic (exact) mass is 685 g/mol. The number of carbonyl (C=O) groups is 2. The van der Waals surface area contributed by atoms with Crippen LogP contribution in [0.2, 0.25) is 0 Å². The van der Waals surface area contributed by atoms with E-state index in [2.05, 4.69) is 15.6 Å². The van der Waals surface area contributed by atoms with Crippen LogP contribution in [0.15, 0.2) is 42.6 Å². The normalized spacial score (nSPS) is 20.3. The Morgan fingerprint density at radius 2 is 1.61 bits per heavy atom. The summed E-state index contributed by atoms with van der Waals surface area (Å²) in [4.78, 5) is 31.7. The first kappa shape index (κ1) is 38.7. The molecule has 2 unspecified atom stereocenters. The molecule has 0 saturated heterocycles. The van der Waals surface area contributed by atoms with Gasteiger partial charge in [-0.15, -0.1) is 0 Å². The van der Waals surface area contributed by atoms with Crippen LogP contribution < -0.4 is 15.4 Å². The number of ether oxygens (including phenoxy) is 4. The van der Waals surface area contributed by atoms with Gasteiger partial charge < -0.3 is 44.9 Å². The minimum Gasteiger partial charge on any atom is -0.489 e. The fourth-order valence-electron chi connectivity index (χ4n) is 6.95. The van der Waals surface area contributed by atoms with Gasteiger partial charge in [0, 0.05) is 19.7 Å². The van der Waals surface area contributed by atoms with Gasteiger partial charge in [-0.05, 0) is 41.5 Å². The van der Waals surface area contributed by atoms with Crippen LogP contribution in [-0.2, 0) is 25.4 Å². The van der Waals surface area contributed by atoms with Gasteiger partial charge in [-0.3, -0.25) is 9.59 Å². The Morgan fingerprint density at radius 3 is 2.33 bits per heavy atom. The predicted molar refractivity (Wildman–Crippen MR) is 183 cm³/mol. The molecule has 12 heteroatoms. The molecule has 2 amide bonds. The summed E-state index contributed by atoms with van der Waals surface area (Å²) >= 11 is 0. The number of aliphatic hydroxyl groups is 3. The van der Waals surface area contributed by atoms with E-state index in [0.29, 0.717) is 39.3 Å². The minimum atomic E-state index is -1.49. The molecule has 49 heavy (non-hydrogen) atoms. The van der Waals surface area contributed by atoms with E-state index in [0.717, 1.165) is 43.2 Å². The molecule has 4 rings (SSSR count). The quantitative estimate of drug-likeness (QED) is 0.131. The Morgan fingerprint density at radius 1 is 0.918 bits per heavy atom. The van der Waals surface area contributed by atoms with E-state index >= 15 is 0 Å². The van der Waals surface area contributed by atoms with Crippen LogP contribution in [0.5, 0.6) is 5.75 Å². The zero-order valence-electron chi connectivity index (χ0n) is 29.1. The number of pyridine rings is 1. The molecule has 272 valence electrons. The topological polar surface area (TPSA) is 169 Å². The second-order valence-corrected chi connectivity index (χ2v) is 13.4. The van der Waals surface area contributed by atoms with Crippen molar-refractivity contribution < 1.29 is 43.9 Å². The lowest BCUT2D eigenvalue weighted by molar-refractivity contribution is -0.137. The van der Waals surface area contributed by atoms with Gasteiger partial charge in [0.15, 0.2) is 11.4 Å². The number of nitrogens with one attached hydrogen (secondary N) is 2. The first-order valence-corrected chi connectivity index (χ1v) is 17.7. The van der Waals surface area contributed by atoms with Crippen molar-refractivity contribution in [3.63, 3.8) is 0 Å². The lowest BCUT2D eigenvalue weighted by Gasteiger charge is -2.36. The lowest BCUT2D eigenvalue weighted by Crippen LogP contribution is -2.55. The lowest BCUT2D eigenvalue weighted by atomic mass is 9.79. The Balaban J connectivity index is 1.43. The number of aromatic nitrogens is 1. The van der Waals surface area contributed by atoms with Crippen LogP contribution in [-0.4, -0.2) is 103 Å². The van der Waals surface area contributed by atoms with Gasteiger partial charge >= 0.3 is 0 Å². The smallest absolute Gasteiger partial charge is 0.274 e. The maximum absolute atomic E-state index is 13.7. The number of rotatable bonds is 20. The SMILES string of the molecule is COCCOCCOCCOc1cccnc1C(=O)N[C@@H](CC1CCCCC1)[C@@H](O)[C@H](O)[C@H](C(=O)NC1c2ccccc2CC1O)C(C)C. The number of hydrogen-bond donors (Lipinski definition) is 5. The summed E-state index contributed by atoms with van der Waals surface area (Å²) in [6.45, 7) is 5.90. The van der Waals surface area contributed by atoms with Crippen molar-refractivity contribution in [2.45, 2.75) is 89.2 Å². The Bertz CT molecular complexity index is 1310. The Kier molecular flexibility index (Phi) is 15.7. The van der Waals surface area contributed by atoms with Gasteiger partial charge in [-0.2, -0.15) is 0 Å². The zero-order chi connectivity index (χ0) is 35.2. The van der Waals surface area contributed by atoms with Crippen LogP contribution in [0.4, 0.5) is 0 Å². The maximum Gasteiger partial charge on any atom is 0.274 e. The predicted octanol–water partition coefficient (Wildman–Crippen LogP) is 2.98. The number of hydrogen-bond acceptors (Lipinski definition) is 10. The van der Waals surface area contributed by atoms with Crippen LogP contribution in [0, 0.1) is 17.8 Å². The molecule has 1 aromatic heterocycles. The van der Waals surface area contributed by atoms with E-state index in [9.17, 15) is 24.9 Å². The highest BCUT2D eigenvalue weighted by molar-refractivity contribution is 5.95. The zero-order valence-corrected chi connectivity index (χ0v) is 29.1. The largest absolute Gasteiger partial charge is 0.489 e. The third kappa shape index (κ3) is 11.2. The van der Waals surface area contributed by atoms with Crippen molar-refractivity contribution in [1.29, 1.82) is 0 Å². The molecule has 0 spiro atoms. The fraction of sp³-hybridized carbons (Fsp3) is 0.649. The summed E-state index contributed by atoms with van der Waals surface area (Å²) in [6, 6.07) is 9.41. The van der Waals surface area contributed by atoms with E-state index in [1.807, 2.05) is 38.1 Å². The van der Waals surface area contributed by atoms with E-state index in [1.54, 1.807) is 19.2 Å². The van der Waals surface area contributed by atoms with Crippen LogP contribution >= 0.6 is 0 Å². The molecular weight excluding hydrogens is 630 g/mol. The maximum atomic E-state index is 13.7. The van der Waals surface area contributed by atoms with Gasteiger partial charge in [-0.1, -0.05) is 70.2 Å². The summed E-state index contributed by atoms with van der Waals surface area (Å²) in [6.07, 6.45) is 3.80. The third-order valence-electron chi connectivity index (χ3n) is 9.56. The second kappa shape index (κ2) is 19.9. The average Bonchev–Trinajstić information content (AvgIpc) is 3.41.